The first kappa shape index (κ1) is 25.6. The van der Waals surface area contributed by atoms with E-state index in [4.69, 9.17) is 14.5 Å². The Hall–Kier alpha value is -2.00. The molecule has 0 aliphatic carbocycles. The van der Waals surface area contributed by atoms with Gasteiger partial charge in [-0.3, -0.25) is 4.79 Å². The summed E-state index contributed by atoms with van der Waals surface area (Å²) in [7, 11) is 3.31. The van der Waals surface area contributed by atoms with E-state index in [-0.39, 0.29) is 17.9 Å². The van der Waals surface area contributed by atoms with E-state index in [1.807, 2.05) is 29.2 Å². The lowest BCUT2D eigenvalue weighted by atomic mass is 9.89. The number of nitrogens with one attached hydrogen (secondary N) is 1. The lowest BCUT2D eigenvalue weighted by Crippen LogP contribution is -2.54. The monoisotopic (exact) mass is 460 g/mol. The van der Waals surface area contributed by atoms with Crippen molar-refractivity contribution >= 4 is 16.9 Å². The molecule has 3 atom stereocenters. The van der Waals surface area contributed by atoms with Crippen LogP contribution in [0.5, 0.6) is 0 Å². The van der Waals surface area contributed by atoms with Crippen LogP contribution in [-0.2, 0) is 16.0 Å². The predicted molar refractivity (Wildman–Crippen MR) is 129 cm³/mol. The number of imidazole rings is 1. The van der Waals surface area contributed by atoms with Gasteiger partial charge >= 0.3 is 0 Å². The zero-order chi connectivity index (χ0) is 23.8. The summed E-state index contributed by atoms with van der Waals surface area (Å²) < 4.78 is 12.4. The molecule has 184 valence electrons. The standard InChI is InChI=1S/C25H40N4O4/c1-18(2)16-29(20-13-19(14-26-15-20)23(30)17-33-4)25(31)24-27-21-9-5-6-10-22(21)28(24)11-7-8-12-32-3/h5-6,9-10,18-20,23,26,30H,7-8,11-17H2,1-4H3/t19-,20+,23-/m1/s1. The van der Waals surface area contributed by atoms with Crippen LogP contribution in [0.1, 0.15) is 43.7 Å². The molecule has 0 bridgehead atoms. The van der Waals surface area contributed by atoms with E-state index in [2.05, 4.69) is 23.7 Å². The Bertz CT molecular complexity index is 884. The summed E-state index contributed by atoms with van der Waals surface area (Å²) in [5, 5.41) is 13.9. The van der Waals surface area contributed by atoms with Crippen molar-refractivity contribution in [3.8, 4) is 0 Å². The second-order valence-corrected chi connectivity index (χ2v) is 9.46. The molecule has 2 heterocycles. The molecule has 8 heteroatoms. The number of hydrogen-bond donors (Lipinski definition) is 2. The molecule has 1 fully saturated rings. The zero-order valence-electron chi connectivity index (χ0n) is 20.5. The summed E-state index contributed by atoms with van der Waals surface area (Å²) >= 11 is 0. The fourth-order valence-corrected chi connectivity index (χ4v) is 4.69. The Morgan fingerprint density at radius 2 is 2.03 bits per heavy atom. The van der Waals surface area contributed by atoms with E-state index < -0.39 is 6.10 Å². The van der Waals surface area contributed by atoms with Gasteiger partial charge in [-0.05, 0) is 37.3 Å². The summed E-state index contributed by atoms with van der Waals surface area (Å²) in [5.41, 5.74) is 1.82. The first-order chi connectivity index (χ1) is 16.0. The van der Waals surface area contributed by atoms with Gasteiger partial charge in [0.15, 0.2) is 5.82 Å². The van der Waals surface area contributed by atoms with Crippen molar-refractivity contribution in [2.45, 2.75) is 51.8 Å². The maximum atomic E-state index is 14.0. The number of ether oxygens (including phenoxy) is 2. The van der Waals surface area contributed by atoms with Gasteiger partial charge in [0.1, 0.15) is 0 Å². The number of hydrogen-bond acceptors (Lipinski definition) is 6. The van der Waals surface area contributed by atoms with Crippen LogP contribution in [-0.4, -0.2) is 84.7 Å². The first-order valence-corrected chi connectivity index (χ1v) is 12.1. The number of carbonyl (C=O) groups is 1. The molecule has 2 aromatic rings. The number of carbonyl (C=O) groups excluding carboxylic acids is 1. The lowest BCUT2D eigenvalue weighted by molar-refractivity contribution is 0.00229. The van der Waals surface area contributed by atoms with Gasteiger partial charge in [0.2, 0.25) is 0 Å². The van der Waals surface area contributed by atoms with Gasteiger partial charge in [-0.1, -0.05) is 26.0 Å². The number of aliphatic hydroxyl groups is 1. The topological polar surface area (TPSA) is 88.9 Å². The number of aryl methyl sites for hydroxylation is 1. The molecule has 0 radical (unpaired) electrons. The third-order valence-corrected chi connectivity index (χ3v) is 6.33. The minimum atomic E-state index is -0.549. The summed E-state index contributed by atoms with van der Waals surface area (Å²) in [6.45, 7) is 8.06. The summed E-state index contributed by atoms with van der Waals surface area (Å²) in [6.07, 6.45) is 2.03. The van der Waals surface area contributed by atoms with Crippen LogP contribution in [0.15, 0.2) is 24.3 Å². The van der Waals surface area contributed by atoms with Crippen LogP contribution < -0.4 is 5.32 Å². The zero-order valence-corrected chi connectivity index (χ0v) is 20.5. The normalized spacial score (nSPS) is 19.8. The maximum absolute atomic E-state index is 14.0. The van der Waals surface area contributed by atoms with Crippen molar-refractivity contribution in [3.63, 3.8) is 0 Å². The Morgan fingerprint density at radius 1 is 1.24 bits per heavy atom. The number of methoxy groups -OCH3 is 2. The van der Waals surface area contributed by atoms with Gasteiger partial charge in [-0.2, -0.15) is 0 Å². The van der Waals surface area contributed by atoms with Crippen molar-refractivity contribution in [1.82, 2.24) is 19.8 Å². The van der Waals surface area contributed by atoms with Gasteiger partial charge in [0.05, 0.1) is 23.7 Å². The molecular weight excluding hydrogens is 420 g/mol. The minimum absolute atomic E-state index is 0.00749. The van der Waals surface area contributed by atoms with Gasteiger partial charge in [-0.15, -0.1) is 0 Å². The molecule has 1 saturated heterocycles. The molecule has 0 unspecified atom stereocenters. The third kappa shape index (κ3) is 6.53. The van der Waals surface area contributed by atoms with E-state index in [1.54, 1.807) is 14.2 Å². The first-order valence-electron chi connectivity index (χ1n) is 12.1. The molecule has 2 N–H and O–H groups in total. The second-order valence-electron chi connectivity index (χ2n) is 9.46. The molecule has 1 aromatic heterocycles. The maximum Gasteiger partial charge on any atom is 0.290 e. The average Bonchev–Trinajstić information content (AvgIpc) is 3.18. The van der Waals surface area contributed by atoms with Crippen LogP contribution in [0.2, 0.25) is 0 Å². The highest BCUT2D eigenvalue weighted by Gasteiger charge is 2.35. The van der Waals surface area contributed by atoms with Crippen LogP contribution in [0.3, 0.4) is 0 Å². The number of aromatic nitrogens is 2. The number of unbranched alkanes of at least 4 members (excludes halogenated alkanes) is 1. The summed E-state index contributed by atoms with van der Waals surface area (Å²) in [5.74, 6) is 0.811. The number of fused-ring (bicyclic) bond motifs is 1. The summed E-state index contributed by atoms with van der Waals surface area (Å²) in [4.78, 5) is 20.7. The van der Waals surface area contributed by atoms with E-state index in [0.717, 1.165) is 43.4 Å². The Labute approximate surface area is 197 Å². The number of para-hydroxylation sites is 2. The Morgan fingerprint density at radius 3 is 2.76 bits per heavy atom. The molecule has 1 aliphatic rings. The van der Waals surface area contributed by atoms with Gasteiger partial charge in [0, 0.05) is 59.0 Å². The van der Waals surface area contributed by atoms with E-state index in [9.17, 15) is 9.90 Å². The third-order valence-electron chi connectivity index (χ3n) is 6.33. The molecule has 1 aliphatic heterocycles. The smallest absolute Gasteiger partial charge is 0.290 e. The van der Waals surface area contributed by atoms with Gasteiger partial charge in [0.25, 0.3) is 5.91 Å². The number of nitrogens with zero attached hydrogens (tertiary/aromatic N) is 3. The SMILES string of the molecule is COCCCCn1c(C(=O)N(CC(C)C)[C@@H]2CNC[C@H]([C@H](O)COC)C2)nc2ccccc21. The predicted octanol–water partition coefficient (Wildman–Crippen LogP) is 2.55. The number of benzene rings is 1. The molecule has 1 aromatic carbocycles. The number of aliphatic hydroxyl groups excluding tert-OH is 1. The van der Waals surface area contributed by atoms with Gasteiger partial charge < -0.3 is 29.4 Å². The fourth-order valence-electron chi connectivity index (χ4n) is 4.69. The van der Waals surface area contributed by atoms with Crippen LogP contribution in [0, 0.1) is 11.8 Å². The van der Waals surface area contributed by atoms with Crippen LogP contribution in [0.4, 0.5) is 0 Å². The molecule has 33 heavy (non-hydrogen) atoms. The van der Waals surface area contributed by atoms with Crippen molar-refractivity contribution < 1.29 is 19.4 Å². The van der Waals surface area contributed by atoms with Crippen LogP contribution >= 0.6 is 0 Å². The highest BCUT2D eigenvalue weighted by molar-refractivity contribution is 5.95. The number of rotatable bonds is 12. The Balaban J connectivity index is 1.88. The van der Waals surface area contributed by atoms with Crippen LogP contribution in [0.25, 0.3) is 11.0 Å². The molecule has 8 nitrogen and oxygen atoms in total. The number of amides is 1. The average molecular weight is 461 g/mol. The molecule has 3 rings (SSSR count). The largest absolute Gasteiger partial charge is 0.390 e. The molecule has 0 saturated carbocycles. The molecule has 1 amide bonds. The van der Waals surface area contributed by atoms with Crippen molar-refractivity contribution in [2.24, 2.45) is 11.8 Å². The minimum Gasteiger partial charge on any atom is -0.390 e. The fraction of sp³-hybridized carbons (Fsp3) is 0.680. The lowest BCUT2D eigenvalue weighted by Gasteiger charge is -2.40. The number of piperidine rings is 1. The highest BCUT2D eigenvalue weighted by atomic mass is 16.5. The van der Waals surface area contributed by atoms with E-state index >= 15 is 0 Å². The van der Waals surface area contributed by atoms with E-state index in [1.165, 1.54) is 0 Å². The Kier molecular flexibility index (Phi) is 9.67. The quantitative estimate of drug-likeness (QED) is 0.473. The molecule has 0 spiro atoms. The second kappa shape index (κ2) is 12.5. The van der Waals surface area contributed by atoms with Crippen molar-refractivity contribution in [3.05, 3.63) is 30.1 Å². The highest BCUT2D eigenvalue weighted by Crippen LogP contribution is 2.24. The van der Waals surface area contributed by atoms with Crippen molar-refractivity contribution in [1.29, 1.82) is 0 Å². The van der Waals surface area contributed by atoms with E-state index in [0.29, 0.717) is 38.0 Å². The summed E-state index contributed by atoms with van der Waals surface area (Å²) in [6, 6.07) is 7.93. The van der Waals surface area contributed by atoms with Gasteiger partial charge in [-0.25, -0.2) is 4.98 Å². The van der Waals surface area contributed by atoms with Crippen molar-refractivity contribution in [2.75, 3.05) is 47.1 Å². The molecular formula is C25H40N4O4.